The van der Waals surface area contributed by atoms with Crippen LogP contribution in [0.3, 0.4) is 0 Å². The average molecular weight is 393 g/mol. The molecule has 0 spiro atoms. The van der Waals surface area contributed by atoms with Crippen molar-refractivity contribution in [1.82, 2.24) is 15.5 Å². The molecule has 1 aromatic carbocycles. The second-order valence-electron chi connectivity index (χ2n) is 7.82. The number of hydrogen-bond donors (Lipinski definition) is 2. The average Bonchev–Trinajstić information content (AvgIpc) is 2.61. The van der Waals surface area contributed by atoms with Gasteiger partial charge in [0.15, 0.2) is 5.96 Å². The molecule has 2 heterocycles. The van der Waals surface area contributed by atoms with Gasteiger partial charge in [0.05, 0.1) is 6.54 Å². The third-order valence-corrected chi connectivity index (χ3v) is 5.90. The molecule has 2 aliphatic rings. The van der Waals surface area contributed by atoms with Gasteiger partial charge < -0.3 is 20.3 Å². The number of nitrogens with zero attached hydrogens (tertiary/aromatic N) is 2. The lowest BCUT2D eigenvalue weighted by molar-refractivity contribution is 0.0526. The summed E-state index contributed by atoms with van der Waals surface area (Å²) in [5, 5.41) is 7.74. The number of ether oxygens (including phenoxy) is 1. The Morgan fingerprint density at radius 1 is 1.33 bits per heavy atom. The van der Waals surface area contributed by atoms with Crippen molar-refractivity contribution < 1.29 is 4.74 Å². The Kier molecular flexibility index (Phi) is 7.25. The lowest BCUT2D eigenvalue weighted by Gasteiger charge is -2.47. The van der Waals surface area contributed by atoms with Gasteiger partial charge in [0.25, 0.3) is 0 Å². The third-order valence-electron chi connectivity index (χ3n) is 5.66. The maximum Gasteiger partial charge on any atom is 0.191 e. The number of benzene rings is 1. The Morgan fingerprint density at radius 2 is 2.07 bits per heavy atom. The van der Waals surface area contributed by atoms with Crippen LogP contribution in [0, 0.1) is 0 Å². The van der Waals surface area contributed by atoms with Crippen molar-refractivity contribution in [2.45, 2.75) is 70.2 Å². The van der Waals surface area contributed by atoms with Crippen LogP contribution in [0.4, 0.5) is 0 Å². The first-order valence-electron chi connectivity index (χ1n) is 10.2. The molecule has 2 fully saturated rings. The Labute approximate surface area is 168 Å². The smallest absolute Gasteiger partial charge is 0.191 e. The van der Waals surface area contributed by atoms with Crippen LogP contribution in [0.2, 0.25) is 5.02 Å². The van der Waals surface area contributed by atoms with Crippen molar-refractivity contribution in [3.63, 3.8) is 0 Å². The van der Waals surface area contributed by atoms with Crippen molar-refractivity contribution in [3.8, 4) is 5.75 Å². The van der Waals surface area contributed by atoms with Gasteiger partial charge in [0, 0.05) is 29.7 Å². The van der Waals surface area contributed by atoms with Crippen LogP contribution in [0.25, 0.3) is 0 Å². The van der Waals surface area contributed by atoms with Crippen molar-refractivity contribution in [2.75, 3.05) is 20.1 Å². The summed E-state index contributed by atoms with van der Waals surface area (Å²) in [6, 6.07) is 9.43. The predicted molar refractivity (Wildman–Crippen MR) is 113 cm³/mol. The Bertz CT molecular complexity index is 624. The fraction of sp³-hybridized carbons (Fsp3) is 0.667. The van der Waals surface area contributed by atoms with Crippen molar-refractivity contribution >= 4 is 17.6 Å². The molecule has 2 saturated heterocycles. The zero-order chi connectivity index (χ0) is 19.2. The molecular formula is C21H33ClN4O. The molecule has 1 aromatic rings. The summed E-state index contributed by atoms with van der Waals surface area (Å²) in [4.78, 5) is 7.35. The molecule has 3 atom stereocenters. The first-order chi connectivity index (χ1) is 13.0. The number of nitrogens with one attached hydrogen (secondary N) is 2. The molecular weight excluding hydrogens is 360 g/mol. The number of aliphatic imine (C=N–C) groups is 1. The molecule has 150 valence electrons. The van der Waals surface area contributed by atoms with Crippen LogP contribution in [-0.2, 0) is 0 Å². The number of piperidine rings is 2. The van der Waals surface area contributed by atoms with Crippen LogP contribution in [0.15, 0.2) is 29.3 Å². The van der Waals surface area contributed by atoms with Crippen LogP contribution in [-0.4, -0.2) is 55.2 Å². The zero-order valence-corrected chi connectivity index (χ0v) is 17.5. The highest BCUT2D eigenvalue weighted by atomic mass is 35.5. The van der Waals surface area contributed by atoms with Crippen LogP contribution >= 0.6 is 11.6 Å². The fourth-order valence-corrected chi connectivity index (χ4v) is 4.46. The first-order valence-corrected chi connectivity index (χ1v) is 10.6. The molecule has 3 rings (SSSR count). The van der Waals surface area contributed by atoms with Crippen LogP contribution < -0.4 is 15.4 Å². The minimum Gasteiger partial charge on any atom is -0.489 e. The monoisotopic (exact) mass is 392 g/mol. The summed E-state index contributed by atoms with van der Waals surface area (Å²) >= 11 is 6.03. The number of guanidine groups is 1. The molecule has 0 aliphatic carbocycles. The minimum absolute atomic E-state index is 0.0178. The molecule has 0 radical (unpaired) electrons. The highest BCUT2D eigenvalue weighted by Crippen LogP contribution is 2.32. The van der Waals surface area contributed by atoms with Gasteiger partial charge in [0.1, 0.15) is 11.9 Å². The van der Waals surface area contributed by atoms with E-state index in [1.54, 1.807) is 0 Å². The second kappa shape index (κ2) is 9.65. The number of rotatable bonds is 6. The summed E-state index contributed by atoms with van der Waals surface area (Å²) in [6.45, 7) is 5.59. The Morgan fingerprint density at radius 3 is 2.74 bits per heavy atom. The summed E-state index contributed by atoms with van der Waals surface area (Å²) in [7, 11) is 2.29. The molecule has 0 aromatic heterocycles. The van der Waals surface area contributed by atoms with Gasteiger partial charge in [-0.1, -0.05) is 24.1 Å². The van der Waals surface area contributed by atoms with E-state index >= 15 is 0 Å². The summed E-state index contributed by atoms with van der Waals surface area (Å²) < 4.78 is 5.93. The van der Waals surface area contributed by atoms with Crippen molar-refractivity contribution in [3.05, 3.63) is 29.3 Å². The standard InChI is InChI=1S/C21H33ClN4O/c1-4-23-21(24-14-15(2)27-20-10-5-7-16(22)11-20)25-17-12-18-8-6-9-19(13-17)26(18)3/h5,7,10-11,15,17-19H,4,6,8-9,12-14H2,1-3H3,(H2,23,24,25). The highest BCUT2D eigenvalue weighted by Gasteiger charge is 2.36. The molecule has 5 nitrogen and oxygen atoms in total. The molecule has 27 heavy (non-hydrogen) atoms. The normalized spacial score (nSPS) is 27.1. The van der Waals surface area contributed by atoms with E-state index in [2.05, 4.69) is 29.5 Å². The van der Waals surface area contributed by atoms with Crippen molar-refractivity contribution in [2.24, 2.45) is 4.99 Å². The summed E-state index contributed by atoms with van der Waals surface area (Å²) in [6.07, 6.45) is 6.40. The highest BCUT2D eigenvalue weighted by molar-refractivity contribution is 6.30. The van der Waals surface area contributed by atoms with E-state index in [0.717, 1.165) is 18.3 Å². The van der Waals surface area contributed by atoms with E-state index in [9.17, 15) is 0 Å². The van der Waals surface area contributed by atoms with Gasteiger partial charge in [-0.05, 0) is 64.8 Å². The Hall–Kier alpha value is -1.46. The Balaban J connectivity index is 1.54. The molecule has 2 bridgehead atoms. The van der Waals surface area contributed by atoms with E-state index < -0.39 is 0 Å². The largest absolute Gasteiger partial charge is 0.489 e. The third kappa shape index (κ3) is 5.76. The van der Waals surface area contributed by atoms with Gasteiger partial charge in [-0.25, -0.2) is 4.99 Å². The van der Waals surface area contributed by atoms with Crippen molar-refractivity contribution in [1.29, 1.82) is 0 Å². The second-order valence-corrected chi connectivity index (χ2v) is 8.26. The van der Waals surface area contributed by atoms with Crippen LogP contribution in [0.1, 0.15) is 46.0 Å². The number of hydrogen-bond acceptors (Lipinski definition) is 3. The molecule has 3 unspecified atom stereocenters. The molecule has 0 saturated carbocycles. The van der Waals surface area contributed by atoms with Gasteiger partial charge in [-0.15, -0.1) is 0 Å². The number of fused-ring (bicyclic) bond motifs is 2. The molecule has 0 amide bonds. The van der Waals surface area contributed by atoms with Gasteiger partial charge in [0.2, 0.25) is 0 Å². The first kappa shape index (κ1) is 20.3. The van der Waals surface area contributed by atoms with E-state index in [0.29, 0.717) is 29.7 Å². The van der Waals surface area contributed by atoms with E-state index in [-0.39, 0.29) is 6.10 Å². The quantitative estimate of drug-likeness (QED) is 0.572. The van der Waals surface area contributed by atoms with Gasteiger partial charge in [-0.2, -0.15) is 0 Å². The topological polar surface area (TPSA) is 48.9 Å². The fourth-order valence-electron chi connectivity index (χ4n) is 4.28. The lowest BCUT2D eigenvalue weighted by atomic mass is 9.82. The van der Waals surface area contributed by atoms with E-state index in [4.69, 9.17) is 21.3 Å². The van der Waals surface area contributed by atoms with Gasteiger partial charge >= 0.3 is 0 Å². The predicted octanol–water partition coefficient (Wildman–Crippen LogP) is 3.68. The van der Waals surface area contributed by atoms with E-state index in [1.807, 2.05) is 31.2 Å². The minimum atomic E-state index is -0.0178. The van der Waals surface area contributed by atoms with Crippen LogP contribution in [0.5, 0.6) is 5.75 Å². The molecule has 6 heteroatoms. The summed E-state index contributed by atoms with van der Waals surface area (Å²) in [5.41, 5.74) is 0. The maximum atomic E-state index is 6.03. The maximum absolute atomic E-state index is 6.03. The van der Waals surface area contributed by atoms with E-state index in [1.165, 1.54) is 32.1 Å². The zero-order valence-electron chi connectivity index (χ0n) is 16.7. The van der Waals surface area contributed by atoms with Gasteiger partial charge in [-0.3, -0.25) is 0 Å². The molecule has 2 N–H and O–H groups in total. The summed E-state index contributed by atoms with van der Waals surface area (Å²) in [5.74, 6) is 1.68. The SMILES string of the molecule is CCNC(=NCC(C)Oc1cccc(Cl)c1)NC1CC2CCCC(C1)N2C. The lowest BCUT2D eigenvalue weighted by Crippen LogP contribution is -2.56. The number of halogens is 1. The molecule has 2 aliphatic heterocycles.